The van der Waals surface area contributed by atoms with Crippen molar-refractivity contribution in [3.8, 4) is 0 Å². The van der Waals surface area contributed by atoms with Crippen molar-refractivity contribution in [2.45, 2.75) is 26.4 Å². The van der Waals surface area contributed by atoms with Crippen molar-refractivity contribution in [1.29, 1.82) is 0 Å². The molecular formula is C16H24F3N3O2. The fourth-order valence-corrected chi connectivity index (χ4v) is 2.03. The molecule has 8 heteroatoms. The van der Waals surface area contributed by atoms with Crippen LogP contribution < -0.4 is 15.5 Å². The van der Waals surface area contributed by atoms with E-state index in [2.05, 4.69) is 10.6 Å². The molecule has 1 rings (SSSR count). The molecule has 0 fully saturated rings. The van der Waals surface area contributed by atoms with Gasteiger partial charge >= 0.3 is 12.2 Å². The van der Waals surface area contributed by atoms with Gasteiger partial charge in [0.05, 0.1) is 11.3 Å². The first-order valence-corrected chi connectivity index (χ1v) is 7.50. The topological polar surface area (TPSA) is 64.6 Å². The van der Waals surface area contributed by atoms with Gasteiger partial charge in [0, 0.05) is 32.9 Å². The smallest absolute Gasteiger partial charge is 0.396 e. The molecule has 24 heavy (non-hydrogen) atoms. The molecule has 3 N–H and O–H groups in total. The van der Waals surface area contributed by atoms with Crippen molar-refractivity contribution in [2.24, 2.45) is 5.41 Å². The van der Waals surface area contributed by atoms with Crippen molar-refractivity contribution >= 4 is 17.4 Å². The van der Waals surface area contributed by atoms with E-state index < -0.39 is 17.8 Å². The highest BCUT2D eigenvalue weighted by Gasteiger charge is 2.34. The Bertz CT molecular complexity index is 572. The molecule has 0 bridgehead atoms. The lowest BCUT2D eigenvalue weighted by atomic mass is 9.90. The molecule has 0 aliphatic rings. The predicted octanol–water partition coefficient (Wildman–Crippen LogP) is 3.30. The number of hydrogen-bond donors (Lipinski definition) is 3. The third kappa shape index (κ3) is 5.92. The minimum atomic E-state index is -4.58. The Labute approximate surface area is 139 Å². The Hall–Kier alpha value is -1.96. The number of benzene rings is 1. The molecule has 2 amide bonds. The highest BCUT2D eigenvalue weighted by Crippen LogP contribution is 2.37. The number of anilines is 2. The number of hydrogen-bond acceptors (Lipinski definition) is 3. The van der Waals surface area contributed by atoms with Gasteiger partial charge in [0.1, 0.15) is 0 Å². The van der Waals surface area contributed by atoms with Gasteiger partial charge in [0.25, 0.3) is 0 Å². The molecule has 0 heterocycles. The maximum absolute atomic E-state index is 13.2. The predicted molar refractivity (Wildman–Crippen MR) is 88.3 cm³/mol. The lowest BCUT2D eigenvalue weighted by molar-refractivity contribution is -0.136. The first-order valence-electron chi connectivity index (χ1n) is 7.50. The van der Waals surface area contributed by atoms with E-state index in [1.807, 2.05) is 13.8 Å². The maximum Gasteiger partial charge on any atom is 0.418 e. The largest absolute Gasteiger partial charge is 0.418 e. The van der Waals surface area contributed by atoms with Crippen LogP contribution in [0.2, 0.25) is 0 Å². The zero-order valence-electron chi connectivity index (χ0n) is 14.3. The normalized spacial score (nSPS) is 12.0. The Kier molecular flexibility index (Phi) is 6.48. The lowest BCUT2D eigenvalue weighted by Gasteiger charge is -2.24. The van der Waals surface area contributed by atoms with E-state index in [0.29, 0.717) is 12.1 Å². The van der Waals surface area contributed by atoms with Gasteiger partial charge in [0.15, 0.2) is 0 Å². The van der Waals surface area contributed by atoms with Crippen molar-refractivity contribution in [2.75, 3.05) is 37.5 Å². The highest BCUT2D eigenvalue weighted by atomic mass is 19.4. The van der Waals surface area contributed by atoms with Gasteiger partial charge in [0.2, 0.25) is 0 Å². The van der Waals surface area contributed by atoms with Crippen LogP contribution in [-0.2, 0) is 6.18 Å². The molecule has 1 aromatic rings. The molecule has 0 radical (unpaired) electrons. The molecule has 5 nitrogen and oxygen atoms in total. The Balaban J connectivity index is 2.88. The summed E-state index contributed by atoms with van der Waals surface area (Å²) in [6, 6.07) is 3.01. The standard InChI is InChI=1S/C16H24F3N3O2/c1-15(2,7-8-23)10-20-14(24)21-13-6-5-11(22(3)4)9-12(13)16(17,18)19/h5-6,9,23H,7-8,10H2,1-4H3,(H2,20,21,24). The van der Waals surface area contributed by atoms with E-state index in [-0.39, 0.29) is 24.3 Å². The number of halogens is 3. The zero-order valence-corrected chi connectivity index (χ0v) is 14.3. The summed E-state index contributed by atoms with van der Waals surface area (Å²) in [7, 11) is 3.27. The summed E-state index contributed by atoms with van der Waals surface area (Å²) < 4.78 is 39.6. The monoisotopic (exact) mass is 347 g/mol. The van der Waals surface area contributed by atoms with Crippen molar-refractivity contribution in [3.05, 3.63) is 23.8 Å². The van der Waals surface area contributed by atoms with Crippen molar-refractivity contribution in [1.82, 2.24) is 5.32 Å². The summed E-state index contributed by atoms with van der Waals surface area (Å²) in [5, 5.41) is 13.7. The first-order chi connectivity index (χ1) is 11.0. The Morgan fingerprint density at radius 1 is 1.25 bits per heavy atom. The van der Waals surface area contributed by atoms with Crippen LogP contribution >= 0.6 is 0 Å². The van der Waals surface area contributed by atoms with Gasteiger partial charge < -0.3 is 20.6 Å². The summed E-state index contributed by atoms with van der Waals surface area (Å²) in [6.07, 6.45) is -4.11. The number of aliphatic hydroxyl groups excluding tert-OH is 1. The molecule has 0 saturated heterocycles. The number of aliphatic hydroxyl groups is 1. The van der Waals surface area contributed by atoms with E-state index in [1.54, 1.807) is 19.0 Å². The summed E-state index contributed by atoms with van der Waals surface area (Å²) >= 11 is 0. The molecule has 136 valence electrons. The average molecular weight is 347 g/mol. The molecule has 0 aliphatic heterocycles. The average Bonchev–Trinajstić information content (AvgIpc) is 2.44. The molecule has 0 aromatic heterocycles. The van der Waals surface area contributed by atoms with E-state index in [0.717, 1.165) is 6.07 Å². The number of nitrogens with one attached hydrogen (secondary N) is 2. The van der Waals surface area contributed by atoms with Crippen LogP contribution in [0.3, 0.4) is 0 Å². The van der Waals surface area contributed by atoms with E-state index in [9.17, 15) is 18.0 Å². The minimum absolute atomic E-state index is 0.0273. The minimum Gasteiger partial charge on any atom is -0.396 e. The van der Waals surface area contributed by atoms with Crippen LogP contribution in [0.25, 0.3) is 0 Å². The third-order valence-corrected chi connectivity index (χ3v) is 3.59. The molecule has 0 aliphatic carbocycles. The quantitative estimate of drug-likeness (QED) is 0.740. The number of carbonyl (C=O) groups excluding carboxylic acids is 1. The molecule has 0 saturated carbocycles. The summed E-state index contributed by atoms with van der Waals surface area (Å²) in [5.41, 5.74) is -1.17. The Morgan fingerprint density at radius 3 is 2.38 bits per heavy atom. The molecule has 0 spiro atoms. The van der Waals surface area contributed by atoms with Gasteiger partial charge in [-0.1, -0.05) is 13.8 Å². The fraction of sp³-hybridized carbons (Fsp3) is 0.562. The van der Waals surface area contributed by atoms with Gasteiger partial charge in [-0.2, -0.15) is 13.2 Å². The molecule has 1 aromatic carbocycles. The third-order valence-electron chi connectivity index (χ3n) is 3.59. The van der Waals surface area contributed by atoms with Crippen molar-refractivity contribution < 1.29 is 23.1 Å². The molecule has 0 atom stereocenters. The second-order valence-corrected chi connectivity index (χ2v) is 6.57. The number of alkyl halides is 3. The number of rotatable bonds is 6. The van der Waals surface area contributed by atoms with Crippen LogP contribution in [-0.4, -0.2) is 38.4 Å². The van der Waals surface area contributed by atoms with E-state index in [1.165, 1.54) is 12.1 Å². The van der Waals surface area contributed by atoms with Gasteiger partial charge in [-0.05, 0) is 30.0 Å². The number of urea groups is 1. The van der Waals surface area contributed by atoms with E-state index >= 15 is 0 Å². The van der Waals surface area contributed by atoms with Crippen LogP contribution in [0, 0.1) is 5.41 Å². The zero-order chi connectivity index (χ0) is 18.5. The maximum atomic E-state index is 13.2. The summed E-state index contributed by atoms with van der Waals surface area (Å²) in [4.78, 5) is 13.5. The van der Waals surface area contributed by atoms with E-state index in [4.69, 9.17) is 5.11 Å². The number of amides is 2. The lowest BCUT2D eigenvalue weighted by Crippen LogP contribution is -2.37. The second kappa shape index (κ2) is 7.74. The molecule has 0 unspecified atom stereocenters. The van der Waals surface area contributed by atoms with Crippen LogP contribution in [0.4, 0.5) is 29.3 Å². The van der Waals surface area contributed by atoms with Crippen LogP contribution in [0.15, 0.2) is 18.2 Å². The molecular weight excluding hydrogens is 323 g/mol. The van der Waals surface area contributed by atoms with Crippen LogP contribution in [0.5, 0.6) is 0 Å². The SMILES string of the molecule is CN(C)c1ccc(NC(=O)NCC(C)(C)CCO)c(C(F)(F)F)c1. The number of carbonyl (C=O) groups is 1. The van der Waals surface area contributed by atoms with Crippen LogP contribution in [0.1, 0.15) is 25.8 Å². The Morgan fingerprint density at radius 2 is 1.88 bits per heavy atom. The van der Waals surface area contributed by atoms with Crippen molar-refractivity contribution in [3.63, 3.8) is 0 Å². The summed E-state index contributed by atoms with van der Waals surface area (Å²) in [6.45, 7) is 3.89. The first kappa shape index (κ1) is 20.1. The highest BCUT2D eigenvalue weighted by molar-refractivity contribution is 5.90. The van der Waals surface area contributed by atoms with Gasteiger partial charge in [-0.25, -0.2) is 4.79 Å². The summed E-state index contributed by atoms with van der Waals surface area (Å²) in [5.74, 6) is 0. The van der Waals surface area contributed by atoms with Gasteiger partial charge in [-0.15, -0.1) is 0 Å². The van der Waals surface area contributed by atoms with Gasteiger partial charge in [-0.3, -0.25) is 0 Å². The fourth-order valence-electron chi connectivity index (χ4n) is 2.03. The number of nitrogens with zero attached hydrogens (tertiary/aromatic N) is 1. The second-order valence-electron chi connectivity index (χ2n) is 6.57.